The molecule has 1 heterocycles. The van der Waals surface area contributed by atoms with Gasteiger partial charge in [0.15, 0.2) is 0 Å². The SMILES string of the molecule is O=c1ccccn1C1CCC(O)C1. The summed E-state index contributed by atoms with van der Waals surface area (Å²) < 4.78 is 1.72. The quantitative estimate of drug-likeness (QED) is 0.697. The lowest BCUT2D eigenvalue weighted by Crippen LogP contribution is -2.21. The van der Waals surface area contributed by atoms with Crippen molar-refractivity contribution < 1.29 is 5.11 Å². The summed E-state index contributed by atoms with van der Waals surface area (Å²) in [5, 5.41) is 9.34. The van der Waals surface area contributed by atoms with Gasteiger partial charge in [-0.2, -0.15) is 0 Å². The Bertz CT molecular complexity index is 345. The van der Waals surface area contributed by atoms with Crippen LogP contribution in [0.1, 0.15) is 25.3 Å². The van der Waals surface area contributed by atoms with E-state index in [-0.39, 0.29) is 17.7 Å². The molecule has 0 amide bonds. The predicted octanol–water partition coefficient (Wildman–Crippen LogP) is 0.934. The Kier molecular flexibility index (Phi) is 2.19. The van der Waals surface area contributed by atoms with Crippen LogP contribution in [-0.2, 0) is 0 Å². The molecule has 0 aliphatic heterocycles. The fourth-order valence-corrected chi connectivity index (χ4v) is 1.93. The van der Waals surface area contributed by atoms with Gasteiger partial charge in [0.1, 0.15) is 0 Å². The second-order valence-electron chi connectivity index (χ2n) is 3.57. The first-order valence-corrected chi connectivity index (χ1v) is 4.62. The number of pyridine rings is 1. The van der Waals surface area contributed by atoms with E-state index in [0.717, 1.165) is 12.8 Å². The van der Waals surface area contributed by atoms with Crippen LogP contribution in [0.3, 0.4) is 0 Å². The van der Waals surface area contributed by atoms with Crippen LogP contribution in [0.25, 0.3) is 0 Å². The van der Waals surface area contributed by atoms with Gasteiger partial charge in [0.2, 0.25) is 0 Å². The topological polar surface area (TPSA) is 42.2 Å². The first-order chi connectivity index (χ1) is 6.27. The molecule has 1 aliphatic rings. The minimum absolute atomic E-state index is 0.0293. The van der Waals surface area contributed by atoms with E-state index in [1.54, 1.807) is 22.9 Å². The van der Waals surface area contributed by atoms with Crippen molar-refractivity contribution in [2.75, 3.05) is 0 Å². The lowest BCUT2D eigenvalue weighted by molar-refractivity contribution is 0.178. The molecule has 70 valence electrons. The van der Waals surface area contributed by atoms with Crippen molar-refractivity contribution in [3.05, 3.63) is 34.7 Å². The van der Waals surface area contributed by atoms with Crippen LogP contribution in [0.5, 0.6) is 0 Å². The van der Waals surface area contributed by atoms with E-state index in [4.69, 9.17) is 0 Å². The summed E-state index contributed by atoms with van der Waals surface area (Å²) in [4.78, 5) is 11.4. The van der Waals surface area contributed by atoms with Gasteiger partial charge in [-0.25, -0.2) is 0 Å². The molecule has 3 heteroatoms. The average molecular weight is 179 g/mol. The van der Waals surface area contributed by atoms with Gasteiger partial charge in [0.05, 0.1) is 6.10 Å². The van der Waals surface area contributed by atoms with Crippen LogP contribution >= 0.6 is 0 Å². The monoisotopic (exact) mass is 179 g/mol. The van der Waals surface area contributed by atoms with Gasteiger partial charge in [-0.3, -0.25) is 4.79 Å². The van der Waals surface area contributed by atoms with Gasteiger partial charge < -0.3 is 9.67 Å². The first kappa shape index (κ1) is 8.51. The van der Waals surface area contributed by atoms with Gasteiger partial charge in [0, 0.05) is 18.3 Å². The van der Waals surface area contributed by atoms with Crippen LogP contribution in [0.2, 0.25) is 0 Å². The first-order valence-electron chi connectivity index (χ1n) is 4.62. The van der Waals surface area contributed by atoms with Crippen LogP contribution in [0, 0.1) is 0 Å². The summed E-state index contributed by atoms with van der Waals surface area (Å²) in [5.41, 5.74) is 0.0293. The molecule has 0 spiro atoms. The summed E-state index contributed by atoms with van der Waals surface area (Å²) in [6.45, 7) is 0. The molecular formula is C10H13NO2. The van der Waals surface area contributed by atoms with Gasteiger partial charge in [-0.15, -0.1) is 0 Å². The molecule has 13 heavy (non-hydrogen) atoms. The Morgan fingerprint density at radius 3 is 2.85 bits per heavy atom. The highest BCUT2D eigenvalue weighted by atomic mass is 16.3. The molecule has 2 unspecified atom stereocenters. The molecule has 1 aliphatic carbocycles. The Labute approximate surface area is 76.6 Å². The Balaban J connectivity index is 2.26. The molecule has 2 atom stereocenters. The van der Waals surface area contributed by atoms with E-state index in [1.165, 1.54) is 0 Å². The summed E-state index contributed by atoms with van der Waals surface area (Å²) in [5.74, 6) is 0. The molecule has 0 aromatic carbocycles. The van der Waals surface area contributed by atoms with Gasteiger partial charge in [-0.05, 0) is 25.3 Å². The highest BCUT2D eigenvalue weighted by molar-refractivity contribution is 4.96. The normalized spacial score (nSPS) is 27.8. The molecule has 3 nitrogen and oxygen atoms in total. The molecule has 1 aromatic rings. The molecule has 1 saturated carbocycles. The predicted molar refractivity (Wildman–Crippen MR) is 49.6 cm³/mol. The molecule has 0 saturated heterocycles. The van der Waals surface area contributed by atoms with Crippen LogP contribution in [0.15, 0.2) is 29.2 Å². The van der Waals surface area contributed by atoms with Crippen molar-refractivity contribution in [1.82, 2.24) is 4.57 Å². The largest absolute Gasteiger partial charge is 0.393 e. The number of hydrogen-bond acceptors (Lipinski definition) is 2. The zero-order valence-corrected chi connectivity index (χ0v) is 7.39. The molecule has 0 bridgehead atoms. The number of aliphatic hydroxyl groups is 1. The Morgan fingerprint density at radius 2 is 2.23 bits per heavy atom. The maximum absolute atomic E-state index is 11.4. The van der Waals surface area contributed by atoms with E-state index in [9.17, 15) is 9.90 Å². The maximum Gasteiger partial charge on any atom is 0.250 e. The van der Waals surface area contributed by atoms with Gasteiger partial charge in [0.25, 0.3) is 5.56 Å². The third-order valence-electron chi connectivity index (χ3n) is 2.62. The van der Waals surface area contributed by atoms with E-state index < -0.39 is 0 Å². The number of hydrogen-bond donors (Lipinski definition) is 1. The summed E-state index contributed by atoms with van der Waals surface area (Å²) >= 11 is 0. The Morgan fingerprint density at radius 1 is 1.38 bits per heavy atom. The lowest BCUT2D eigenvalue weighted by atomic mass is 10.2. The van der Waals surface area contributed by atoms with E-state index in [0.29, 0.717) is 6.42 Å². The fourth-order valence-electron chi connectivity index (χ4n) is 1.93. The molecule has 1 fully saturated rings. The van der Waals surface area contributed by atoms with E-state index >= 15 is 0 Å². The number of nitrogens with zero attached hydrogens (tertiary/aromatic N) is 1. The third-order valence-corrected chi connectivity index (χ3v) is 2.62. The van der Waals surface area contributed by atoms with Gasteiger partial charge >= 0.3 is 0 Å². The molecule has 1 N–H and O–H groups in total. The zero-order chi connectivity index (χ0) is 9.26. The standard InChI is InChI=1S/C10H13NO2/c12-9-5-4-8(7-9)11-6-2-1-3-10(11)13/h1-3,6,8-9,12H,4-5,7H2. The van der Waals surface area contributed by atoms with Crippen molar-refractivity contribution in [2.24, 2.45) is 0 Å². The summed E-state index contributed by atoms with van der Waals surface area (Å²) in [6.07, 6.45) is 4.00. The van der Waals surface area contributed by atoms with Crippen molar-refractivity contribution in [1.29, 1.82) is 0 Å². The second kappa shape index (κ2) is 3.34. The Hall–Kier alpha value is -1.09. The number of aromatic nitrogens is 1. The fraction of sp³-hybridized carbons (Fsp3) is 0.500. The van der Waals surface area contributed by atoms with Crippen LogP contribution in [0.4, 0.5) is 0 Å². The van der Waals surface area contributed by atoms with Crippen molar-refractivity contribution in [3.63, 3.8) is 0 Å². The van der Waals surface area contributed by atoms with Gasteiger partial charge in [-0.1, -0.05) is 6.07 Å². The van der Waals surface area contributed by atoms with Crippen molar-refractivity contribution in [3.8, 4) is 0 Å². The molecule has 0 radical (unpaired) electrons. The highest BCUT2D eigenvalue weighted by Crippen LogP contribution is 2.28. The second-order valence-corrected chi connectivity index (χ2v) is 3.57. The third kappa shape index (κ3) is 1.65. The highest BCUT2D eigenvalue weighted by Gasteiger charge is 2.24. The van der Waals surface area contributed by atoms with Crippen LogP contribution in [-0.4, -0.2) is 15.8 Å². The number of aliphatic hydroxyl groups excluding tert-OH is 1. The molecule has 1 aromatic heterocycles. The van der Waals surface area contributed by atoms with E-state index in [2.05, 4.69) is 0 Å². The van der Waals surface area contributed by atoms with E-state index in [1.807, 2.05) is 6.07 Å². The molecule has 2 rings (SSSR count). The minimum Gasteiger partial charge on any atom is -0.393 e. The minimum atomic E-state index is -0.225. The molecular weight excluding hydrogens is 166 g/mol. The zero-order valence-electron chi connectivity index (χ0n) is 7.39. The lowest BCUT2D eigenvalue weighted by Gasteiger charge is -2.12. The maximum atomic E-state index is 11.4. The van der Waals surface area contributed by atoms with Crippen molar-refractivity contribution >= 4 is 0 Å². The van der Waals surface area contributed by atoms with Crippen molar-refractivity contribution in [2.45, 2.75) is 31.4 Å². The summed E-state index contributed by atoms with van der Waals surface area (Å²) in [7, 11) is 0. The van der Waals surface area contributed by atoms with Crippen LogP contribution < -0.4 is 5.56 Å². The summed E-state index contributed by atoms with van der Waals surface area (Å²) in [6, 6.07) is 5.35. The smallest absolute Gasteiger partial charge is 0.250 e. The number of rotatable bonds is 1. The average Bonchev–Trinajstić information content (AvgIpc) is 2.53.